The number of ether oxygens (including phenoxy) is 5. The molecule has 0 spiro atoms. The monoisotopic (exact) mass is 286 g/mol. The maximum atomic E-state index is 12.1. The van der Waals surface area contributed by atoms with E-state index >= 15 is 0 Å². The average Bonchev–Trinajstić information content (AvgIpc) is 2.45. The zero-order valence-corrected chi connectivity index (χ0v) is 12.1. The molecule has 0 amide bonds. The van der Waals surface area contributed by atoms with Crippen LogP contribution in [0.5, 0.6) is 28.7 Å². The van der Waals surface area contributed by atoms with Crippen LogP contribution in [-0.2, 0) is 4.74 Å². The van der Waals surface area contributed by atoms with E-state index in [0.717, 1.165) is 0 Å². The minimum Gasteiger partial charge on any atom is -0.504 e. The molecule has 1 N–H and O–H groups in total. The Kier molecular flexibility index (Phi) is 5.45. The number of ketones is 1. The van der Waals surface area contributed by atoms with Crippen LogP contribution in [0.2, 0.25) is 0 Å². The third-order valence-corrected chi connectivity index (χ3v) is 2.67. The molecule has 0 unspecified atom stereocenters. The topological polar surface area (TPSA) is 83.5 Å². The number of carbonyl (C=O) groups is 1. The summed E-state index contributed by atoms with van der Waals surface area (Å²) < 4.78 is 25.4. The predicted octanol–water partition coefficient (Wildman–Crippen LogP) is 1.26. The van der Waals surface area contributed by atoms with Gasteiger partial charge in [-0.1, -0.05) is 0 Å². The van der Waals surface area contributed by atoms with Crippen molar-refractivity contribution >= 4 is 5.78 Å². The molecule has 7 heteroatoms. The number of benzene rings is 1. The van der Waals surface area contributed by atoms with Crippen LogP contribution in [0.4, 0.5) is 0 Å². The molecule has 20 heavy (non-hydrogen) atoms. The summed E-state index contributed by atoms with van der Waals surface area (Å²) in [6, 6.07) is 0. The first-order valence-electron chi connectivity index (χ1n) is 5.68. The Morgan fingerprint density at radius 3 is 1.70 bits per heavy atom. The molecule has 0 aliphatic rings. The molecule has 1 aromatic carbocycles. The van der Waals surface area contributed by atoms with Crippen molar-refractivity contribution in [2.45, 2.75) is 0 Å². The molecule has 0 atom stereocenters. The third-order valence-electron chi connectivity index (χ3n) is 2.67. The molecule has 112 valence electrons. The van der Waals surface area contributed by atoms with Crippen LogP contribution in [0, 0.1) is 0 Å². The Balaban J connectivity index is 3.69. The van der Waals surface area contributed by atoms with Gasteiger partial charge < -0.3 is 28.8 Å². The summed E-state index contributed by atoms with van der Waals surface area (Å²) in [6.07, 6.45) is 0. The number of rotatable bonds is 7. The van der Waals surface area contributed by atoms with Crippen LogP contribution in [0.1, 0.15) is 10.4 Å². The Labute approximate surface area is 117 Å². The van der Waals surface area contributed by atoms with Gasteiger partial charge in [0.15, 0.2) is 17.3 Å². The smallest absolute Gasteiger partial charge is 0.211 e. The number of hydrogen-bond donors (Lipinski definition) is 1. The molecule has 1 rings (SSSR count). The van der Waals surface area contributed by atoms with Gasteiger partial charge in [-0.15, -0.1) is 0 Å². The molecule has 0 aliphatic heterocycles. The lowest BCUT2D eigenvalue weighted by atomic mass is 10.1. The number of methoxy groups -OCH3 is 5. The number of phenols is 1. The first-order valence-corrected chi connectivity index (χ1v) is 5.68. The lowest BCUT2D eigenvalue weighted by molar-refractivity contribution is 0.0840. The molecular formula is C13H18O7. The van der Waals surface area contributed by atoms with Crippen LogP contribution in [0.3, 0.4) is 0 Å². The summed E-state index contributed by atoms with van der Waals surface area (Å²) in [6.45, 7) is -0.220. The standard InChI is InChI=1S/C13H18O7/c1-16-6-7(14)8-9(15)11(18-3)13(20-5)12(19-4)10(8)17-2/h15H,6H2,1-5H3. The van der Waals surface area contributed by atoms with E-state index in [1.807, 2.05) is 0 Å². The van der Waals surface area contributed by atoms with Crippen LogP contribution in [0.25, 0.3) is 0 Å². The number of hydrogen-bond acceptors (Lipinski definition) is 7. The molecule has 0 bridgehead atoms. The minimum absolute atomic E-state index is 0.00963. The van der Waals surface area contributed by atoms with Gasteiger partial charge in [-0.25, -0.2) is 0 Å². The van der Waals surface area contributed by atoms with Crippen molar-refractivity contribution < 1.29 is 33.6 Å². The van der Waals surface area contributed by atoms with E-state index < -0.39 is 5.78 Å². The molecular weight excluding hydrogens is 268 g/mol. The minimum atomic E-state index is -0.471. The van der Waals surface area contributed by atoms with E-state index in [1.165, 1.54) is 35.5 Å². The van der Waals surface area contributed by atoms with E-state index in [1.54, 1.807) is 0 Å². The lowest BCUT2D eigenvalue weighted by Crippen LogP contribution is -2.11. The van der Waals surface area contributed by atoms with Gasteiger partial charge in [0, 0.05) is 7.11 Å². The molecule has 0 radical (unpaired) electrons. The second-order valence-corrected chi connectivity index (χ2v) is 3.71. The van der Waals surface area contributed by atoms with E-state index in [2.05, 4.69) is 0 Å². The van der Waals surface area contributed by atoms with Gasteiger partial charge in [0.05, 0.1) is 28.4 Å². The molecule has 0 aromatic heterocycles. The van der Waals surface area contributed by atoms with Gasteiger partial charge in [-0.05, 0) is 0 Å². The van der Waals surface area contributed by atoms with E-state index in [0.29, 0.717) is 0 Å². The van der Waals surface area contributed by atoms with E-state index in [4.69, 9.17) is 23.7 Å². The molecule has 7 nitrogen and oxygen atoms in total. The first-order chi connectivity index (χ1) is 9.56. The zero-order valence-electron chi connectivity index (χ0n) is 12.1. The van der Waals surface area contributed by atoms with Gasteiger partial charge in [0.25, 0.3) is 0 Å². The Morgan fingerprint density at radius 1 is 0.850 bits per heavy atom. The molecule has 0 fully saturated rings. The number of phenolic OH excluding ortho intramolecular Hbond substituents is 1. The van der Waals surface area contributed by atoms with E-state index in [9.17, 15) is 9.90 Å². The number of carbonyl (C=O) groups excluding carboxylic acids is 1. The SMILES string of the molecule is COCC(=O)c1c(O)c(OC)c(OC)c(OC)c1OC. The van der Waals surface area contributed by atoms with E-state index in [-0.39, 0.29) is 40.9 Å². The highest BCUT2D eigenvalue weighted by Crippen LogP contribution is 2.52. The highest BCUT2D eigenvalue weighted by molar-refractivity contribution is 6.04. The summed E-state index contributed by atoms with van der Waals surface area (Å²) in [5.41, 5.74) is -0.0798. The Morgan fingerprint density at radius 2 is 1.30 bits per heavy atom. The predicted molar refractivity (Wildman–Crippen MR) is 70.5 cm³/mol. The summed E-state index contributed by atoms with van der Waals surface area (Å²) in [7, 11) is 6.84. The molecule has 0 heterocycles. The number of Topliss-reactive ketones (excluding diaryl/α,β-unsaturated/α-hetero) is 1. The van der Waals surface area contributed by atoms with Crippen molar-refractivity contribution in [1.82, 2.24) is 0 Å². The van der Waals surface area contributed by atoms with Gasteiger partial charge >= 0.3 is 0 Å². The summed E-state index contributed by atoms with van der Waals surface area (Å²) >= 11 is 0. The lowest BCUT2D eigenvalue weighted by Gasteiger charge is -2.19. The van der Waals surface area contributed by atoms with Gasteiger partial charge in [0.2, 0.25) is 17.2 Å². The maximum absolute atomic E-state index is 12.1. The second-order valence-electron chi connectivity index (χ2n) is 3.71. The first kappa shape index (κ1) is 15.9. The quantitative estimate of drug-likeness (QED) is 0.755. The van der Waals surface area contributed by atoms with Crippen molar-refractivity contribution in [3.63, 3.8) is 0 Å². The van der Waals surface area contributed by atoms with Gasteiger partial charge in [0.1, 0.15) is 12.2 Å². The summed E-state index contributed by atoms with van der Waals surface area (Å²) in [4.78, 5) is 12.1. The number of aromatic hydroxyl groups is 1. The van der Waals surface area contributed by atoms with Gasteiger partial charge in [-0.2, -0.15) is 0 Å². The van der Waals surface area contributed by atoms with Gasteiger partial charge in [-0.3, -0.25) is 4.79 Å². The van der Waals surface area contributed by atoms with Crippen molar-refractivity contribution in [3.8, 4) is 28.7 Å². The third kappa shape index (κ3) is 2.57. The summed E-state index contributed by atoms with van der Waals surface area (Å²) in [5, 5.41) is 10.2. The van der Waals surface area contributed by atoms with Crippen molar-refractivity contribution in [2.75, 3.05) is 42.2 Å². The maximum Gasteiger partial charge on any atom is 0.211 e. The molecule has 0 saturated carbocycles. The Hall–Kier alpha value is -2.15. The second kappa shape index (κ2) is 6.85. The highest BCUT2D eigenvalue weighted by atomic mass is 16.5. The average molecular weight is 286 g/mol. The molecule has 0 aliphatic carbocycles. The fourth-order valence-electron chi connectivity index (χ4n) is 1.87. The van der Waals surface area contributed by atoms with Crippen LogP contribution < -0.4 is 18.9 Å². The largest absolute Gasteiger partial charge is 0.504 e. The molecule has 0 saturated heterocycles. The fourth-order valence-corrected chi connectivity index (χ4v) is 1.87. The van der Waals surface area contributed by atoms with Crippen LogP contribution >= 0.6 is 0 Å². The summed E-state index contributed by atoms with van der Waals surface area (Å²) in [5.74, 6) is -0.512. The fraction of sp³-hybridized carbons (Fsp3) is 0.462. The van der Waals surface area contributed by atoms with Crippen molar-refractivity contribution in [2.24, 2.45) is 0 Å². The normalized spacial score (nSPS) is 10.1. The Bertz CT molecular complexity index is 496. The highest BCUT2D eigenvalue weighted by Gasteiger charge is 2.30. The van der Waals surface area contributed by atoms with Crippen molar-refractivity contribution in [3.05, 3.63) is 5.56 Å². The molecule has 1 aromatic rings. The zero-order chi connectivity index (χ0) is 15.3. The van der Waals surface area contributed by atoms with Crippen LogP contribution in [0.15, 0.2) is 0 Å². The van der Waals surface area contributed by atoms with Crippen molar-refractivity contribution in [1.29, 1.82) is 0 Å². The van der Waals surface area contributed by atoms with Crippen LogP contribution in [-0.4, -0.2) is 53.0 Å².